The third kappa shape index (κ3) is 5.50. The van der Waals surface area contributed by atoms with E-state index >= 15 is 0 Å². The molecule has 4 nitrogen and oxygen atoms in total. The van der Waals surface area contributed by atoms with Gasteiger partial charge in [0.15, 0.2) is 0 Å². The van der Waals surface area contributed by atoms with E-state index < -0.39 is 0 Å². The highest BCUT2D eigenvalue weighted by atomic mass is 16.6. The Kier molecular flexibility index (Phi) is 7.21. The maximum atomic E-state index is 11.8. The van der Waals surface area contributed by atoms with Crippen molar-refractivity contribution in [2.24, 2.45) is 11.7 Å². The first-order valence-corrected chi connectivity index (χ1v) is 6.75. The largest absolute Gasteiger partial charge is 0.463 e. The minimum absolute atomic E-state index is 0.0263. The fraction of sp³-hybridized carbons (Fsp3) is 0.923. The van der Waals surface area contributed by atoms with Crippen LogP contribution in [-0.4, -0.2) is 31.8 Å². The van der Waals surface area contributed by atoms with Gasteiger partial charge in [0.25, 0.3) is 0 Å². The molecule has 100 valence electrons. The molecule has 1 fully saturated rings. The second-order valence-electron chi connectivity index (χ2n) is 4.69. The van der Waals surface area contributed by atoms with Crippen LogP contribution in [0.15, 0.2) is 0 Å². The van der Waals surface area contributed by atoms with Crippen molar-refractivity contribution < 1.29 is 14.3 Å². The van der Waals surface area contributed by atoms with Crippen LogP contribution in [0.5, 0.6) is 0 Å². The van der Waals surface area contributed by atoms with E-state index in [4.69, 9.17) is 15.2 Å². The van der Waals surface area contributed by atoms with E-state index in [9.17, 15) is 4.79 Å². The summed E-state index contributed by atoms with van der Waals surface area (Å²) in [4.78, 5) is 11.8. The maximum absolute atomic E-state index is 11.8. The summed E-state index contributed by atoms with van der Waals surface area (Å²) in [7, 11) is 0. The molecular weight excluding hydrogens is 218 g/mol. The minimum Gasteiger partial charge on any atom is -0.463 e. The molecule has 17 heavy (non-hydrogen) atoms. The van der Waals surface area contributed by atoms with E-state index in [1.807, 2.05) is 0 Å². The fourth-order valence-electron chi connectivity index (χ4n) is 2.18. The van der Waals surface area contributed by atoms with Gasteiger partial charge in [0.1, 0.15) is 6.61 Å². The summed E-state index contributed by atoms with van der Waals surface area (Å²) in [6, 6.07) is -0.0263. The Hall–Kier alpha value is -0.610. The number of carbonyl (C=O) groups excluding carboxylic acids is 1. The number of esters is 1. The number of ether oxygens (including phenoxy) is 2. The Bertz CT molecular complexity index is 221. The van der Waals surface area contributed by atoms with Crippen LogP contribution < -0.4 is 5.73 Å². The van der Waals surface area contributed by atoms with Gasteiger partial charge in [0.05, 0.1) is 12.5 Å². The molecule has 1 saturated carbocycles. The highest BCUT2D eigenvalue weighted by molar-refractivity contribution is 5.73. The maximum Gasteiger partial charge on any atom is 0.310 e. The van der Waals surface area contributed by atoms with Crippen molar-refractivity contribution in [1.82, 2.24) is 0 Å². The first-order valence-electron chi connectivity index (χ1n) is 6.75. The molecule has 0 saturated heterocycles. The molecule has 2 unspecified atom stereocenters. The van der Waals surface area contributed by atoms with Gasteiger partial charge in [-0.05, 0) is 19.3 Å². The lowest BCUT2D eigenvalue weighted by molar-refractivity contribution is -0.151. The molecule has 0 radical (unpaired) electrons. The lowest BCUT2D eigenvalue weighted by atomic mass is 9.96. The normalized spacial score (nSPS) is 25.3. The highest BCUT2D eigenvalue weighted by Gasteiger charge is 2.28. The van der Waals surface area contributed by atoms with E-state index in [1.165, 1.54) is 6.42 Å². The van der Waals surface area contributed by atoms with Crippen molar-refractivity contribution in [3.8, 4) is 0 Å². The first kappa shape index (κ1) is 14.5. The number of rotatable bonds is 6. The Morgan fingerprint density at radius 1 is 1.18 bits per heavy atom. The Morgan fingerprint density at radius 3 is 2.71 bits per heavy atom. The molecule has 2 atom stereocenters. The highest BCUT2D eigenvalue weighted by Crippen LogP contribution is 2.23. The average molecular weight is 243 g/mol. The molecule has 0 heterocycles. The molecule has 0 aromatic heterocycles. The monoisotopic (exact) mass is 243 g/mol. The Labute approximate surface area is 104 Å². The molecule has 0 spiro atoms. The van der Waals surface area contributed by atoms with Gasteiger partial charge in [-0.3, -0.25) is 4.79 Å². The molecule has 0 aromatic rings. The van der Waals surface area contributed by atoms with Gasteiger partial charge in [-0.2, -0.15) is 0 Å². The molecule has 0 amide bonds. The lowest BCUT2D eigenvalue weighted by Crippen LogP contribution is -2.36. The quantitative estimate of drug-likeness (QED) is 0.439. The molecular formula is C13H25NO3. The van der Waals surface area contributed by atoms with Crippen molar-refractivity contribution in [3.63, 3.8) is 0 Å². The van der Waals surface area contributed by atoms with Crippen LogP contribution >= 0.6 is 0 Å². The summed E-state index contributed by atoms with van der Waals surface area (Å²) in [5.74, 6) is -0.247. The van der Waals surface area contributed by atoms with Crippen LogP contribution in [0, 0.1) is 5.92 Å². The second-order valence-corrected chi connectivity index (χ2v) is 4.69. The standard InChI is InChI=1S/C13H25NO3/c1-2-8-16-9-10-17-13(15)11-6-4-3-5-7-12(11)14/h11-12H,2-10,14H2,1H3. The molecule has 1 rings (SSSR count). The van der Waals surface area contributed by atoms with E-state index in [0.717, 1.165) is 38.7 Å². The van der Waals surface area contributed by atoms with Gasteiger partial charge in [-0.1, -0.05) is 26.2 Å². The molecule has 0 bridgehead atoms. The van der Waals surface area contributed by atoms with Crippen LogP contribution in [0.4, 0.5) is 0 Å². The van der Waals surface area contributed by atoms with Crippen LogP contribution in [0.3, 0.4) is 0 Å². The van der Waals surface area contributed by atoms with Gasteiger partial charge < -0.3 is 15.2 Å². The average Bonchev–Trinajstić information content (AvgIpc) is 2.53. The lowest BCUT2D eigenvalue weighted by Gasteiger charge is -2.19. The summed E-state index contributed by atoms with van der Waals surface area (Å²) < 4.78 is 10.5. The van der Waals surface area contributed by atoms with Crippen LogP contribution in [-0.2, 0) is 14.3 Å². The van der Waals surface area contributed by atoms with Crippen LogP contribution in [0.2, 0.25) is 0 Å². The molecule has 1 aliphatic carbocycles. The zero-order valence-corrected chi connectivity index (χ0v) is 10.8. The van der Waals surface area contributed by atoms with Crippen LogP contribution in [0.1, 0.15) is 45.4 Å². The van der Waals surface area contributed by atoms with E-state index in [2.05, 4.69) is 6.92 Å². The summed E-state index contributed by atoms with van der Waals surface area (Å²) in [6.07, 6.45) is 6.19. The van der Waals surface area contributed by atoms with Gasteiger partial charge in [-0.25, -0.2) is 0 Å². The summed E-state index contributed by atoms with van der Waals surface area (Å²) in [6.45, 7) is 3.61. The number of nitrogens with two attached hydrogens (primary N) is 1. The summed E-state index contributed by atoms with van der Waals surface area (Å²) in [5, 5.41) is 0. The van der Waals surface area contributed by atoms with Gasteiger partial charge >= 0.3 is 5.97 Å². The smallest absolute Gasteiger partial charge is 0.310 e. The summed E-state index contributed by atoms with van der Waals surface area (Å²) in [5.41, 5.74) is 6.00. The van der Waals surface area contributed by atoms with Gasteiger partial charge in [0, 0.05) is 12.6 Å². The Morgan fingerprint density at radius 2 is 1.94 bits per heavy atom. The van der Waals surface area contributed by atoms with E-state index in [-0.39, 0.29) is 17.9 Å². The van der Waals surface area contributed by atoms with Gasteiger partial charge in [-0.15, -0.1) is 0 Å². The van der Waals surface area contributed by atoms with Crippen molar-refractivity contribution in [1.29, 1.82) is 0 Å². The van der Waals surface area contributed by atoms with E-state index in [1.54, 1.807) is 0 Å². The number of hydrogen-bond acceptors (Lipinski definition) is 4. The topological polar surface area (TPSA) is 61.5 Å². The molecule has 0 aliphatic heterocycles. The zero-order chi connectivity index (χ0) is 12.5. The number of hydrogen-bond donors (Lipinski definition) is 1. The predicted molar refractivity (Wildman–Crippen MR) is 66.6 cm³/mol. The SMILES string of the molecule is CCCOCCOC(=O)C1CCCCCC1N. The zero-order valence-electron chi connectivity index (χ0n) is 10.8. The van der Waals surface area contributed by atoms with Crippen LogP contribution in [0.25, 0.3) is 0 Å². The van der Waals surface area contributed by atoms with Crippen molar-refractivity contribution >= 4 is 5.97 Å². The second kappa shape index (κ2) is 8.48. The van der Waals surface area contributed by atoms with Crippen molar-refractivity contribution in [2.75, 3.05) is 19.8 Å². The van der Waals surface area contributed by atoms with E-state index in [0.29, 0.717) is 13.2 Å². The molecule has 0 aromatic carbocycles. The van der Waals surface area contributed by atoms with Crippen molar-refractivity contribution in [2.45, 2.75) is 51.5 Å². The molecule has 1 aliphatic rings. The third-order valence-electron chi connectivity index (χ3n) is 3.19. The molecule has 2 N–H and O–H groups in total. The first-order chi connectivity index (χ1) is 8.25. The fourth-order valence-corrected chi connectivity index (χ4v) is 2.18. The number of carbonyl (C=O) groups is 1. The molecule has 4 heteroatoms. The van der Waals surface area contributed by atoms with Gasteiger partial charge in [0.2, 0.25) is 0 Å². The Balaban J connectivity index is 2.20. The summed E-state index contributed by atoms with van der Waals surface area (Å²) >= 11 is 0. The van der Waals surface area contributed by atoms with Crippen molar-refractivity contribution in [3.05, 3.63) is 0 Å². The minimum atomic E-state index is -0.139. The third-order valence-corrected chi connectivity index (χ3v) is 3.19. The predicted octanol–water partition coefficient (Wildman–Crippen LogP) is 1.86.